The van der Waals surface area contributed by atoms with Crippen molar-refractivity contribution in [3.8, 4) is 5.75 Å². The van der Waals surface area contributed by atoms with Gasteiger partial charge in [-0.3, -0.25) is 0 Å². The number of methoxy groups -OCH3 is 1. The van der Waals surface area contributed by atoms with Gasteiger partial charge < -0.3 is 4.74 Å². The second-order valence-electron chi connectivity index (χ2n) is 5.51. The largest absolute Gasteiger partial charge is 0.496 e. The van der Waals surface area contributed by atoms with Crippen LogP contribution in [0.1, 0.15) is 26.3 Å². The maximum absolute atomic E-state index is 12.0. The van der Waals surface area contributed by atoms with E-state index in [0.29, 0.717) is 10.9 Å². The fourth-order valence-electron chi connectivity index (χ4n) is 1.76. The predicted molar refractivity (Wildman–Crippen MR) is 88.8 cm³/mol. The van der Waals surface area contributed by atoms with Crippen LogP contribution < -0.4 is 4.74 Å². The highest BCUT2D eigenvalue weighted by atomic mass is 35.5. The van der Waals surface area contributed by atoms with E-state index in [1.54, 1.807) is 25.6 Å². The van der Waals surface area contributed by atoms with Crippen molar-refractivity contribution in [2.45, 2.75) is 25.5 Å². The van der Waals surface area contributed by atoms with E-state index in [9.17, 15) is 4.21 Å². The summed E-state index contributed by atoms with van der Waals surface area (Å²) in [5.41, 5.74) is 0.827. The summed E-state index contributed by atoms with van der Waals surface area (Å²) >= 11 is 5.97. The van der Waals surface area contributed by atoms with Gasteiger partial charge in [-0.05, 0) is 44.4 Å². The fourth-order valence-corrected chi connectivity index (χ4v) is 2.45. The van der Waals surface area contributed by atoms with E-state index in [0.717, 1.165) is 16.3 Å². The number of ether oxygens (including phenoxy) is 1. The third-order valence-electron chi connectivity index (χ3n) is 2.89. The van der Waals surface area contributed by atoms with Gasteiger partial charge in [-0.25, -0.2) is 9.19 Å². The number of aromatic nitrogens is 1. The zero-order chi connectivity index (χ0) is 15.6. The Morgan fingerprint density at radius 3 is 2.67 bits per heavy atom. The number of fused-ring (bicyclic) bond motifs is 1. The number of pyridine rings is 1. The van der Waals surface area contributed by atoms with Gasteiger partial charge >= 0.3 is 0 Å². The lowest BCUT2D eigenvalue weighted by molar-refractivity contribution is 0.419. The van der Waals surface area contributed by atoms with Gasteiger partial charge in [-0.1, -0.05) is 11.6 Å². The third-order valence-corrected chi connectivity index (χ3v) is 4.44. The molecule has 1 aromatic carbocycles. The van der Waals surface area contributed by atoms with Gasteiger partial charge in [0.25, 0.3) is 0 Å². The molecule has 1 heterocycles. The molecule has 2 aromatic rings. The van der Waals surface area contributed by atoms with Crippen LogP contribution in [0.2, 0.25) is 5.15 Å². The molecule has 0 aliphatic rings. The van der Waals surface area contributed by atoms with Crippen LogP contribution in [0, 0.1) is 0 Å². The maximum atomic E-state index is 12.0. The number of hydrogen-bond acceptors (Lipinski definition) is 3. The van der Waals surface area contributed by atoms with Crippen molar-refractivity contribution in [1.29, 1.82) is 0 Å². The molecule has 0 N–H and O–H groups in total. The molecule has 0 unspecified atom stereocenters. The molecule has 0 fully saturated rings. The standard InChI is InChI=1S/C15H17ClN2O2S/c1-15(2,3)21(19)18-8-10-5-6-13(20-4)12-9-17-14(16)7-11(10)12/h5-9H,1-4H3/t21-/m0/s1. The highest BCUT2D eigenvalue weighted by Crippen LogP contribution is 2.29. The first-order valence-corrected chi connectivity index (χ1v) is 7.89. The van der Waals surface area contributed by atoms with Crippen LogP contribution in [-0.4, -0.2) is 27.3 Å². The molecular weight excluding hydrogens is 308 g/mol. The van der Waals surface area contributed by atoms with Crippen molar-refractivity contribution in [2.75, 3.05) is 7.11 Å². The average Bonchev–Trinajstić information content (AvgIpc) is 2.43. The first-order valence-electron chi connectivity index (χ1n) is 6.41. The van der Waals surface area contributed by atoms with Gasteiger partial charge in [0, 0.05) is 23.4 Å². The minimum Gasteiger partial charge on any atom is -0.496 e. The lowest BCUT2D eigenvalue weighted by Gasteiger charge is -2.13. The lowest BCUT2D eigenvalue weighted by atomic mass is 10.1. The van der Waals surface area contributed by atoms with Gasteiger partial charge in [0.15, 0.2) is 0 Å². The van der Waals surface area contributed by atoms with Gasteiger partial charge in [-0.2, -0.15) is 4.40 Å². The smallest absolute Gasteiger partial charge is 0.144 e. The van der Waals surface area contributed by atoms with Crippen LogP contribution in [0.3, 0.4) is 0 Å². The van der Waals surface area contributed by atoms with Crippen LogP contribution in [0.25, 0.3) is 10.8 Å². The lowest BCUT2D eigenvalue weighted by Crippen LogP contribution is -2.19. The summed E-state index contributed by atoms with van der Waals surface area (Å²) in [6.45, 7) is 5.65. The summed E-state index contributed by atoms with van der Waals surface area (Å²) in [6.07, 6.45) is 3.27. The van der Waals surface area contributed by atoms with Gasteiger partial charge in [0.05, 0.1) is 11.9 Å². The molecule has 1 atom stereocenters. The molecule has 4 nitrogen and oxygen atoms in total. The van der Waals surface area contributed by atoms with Crippen molar-refractivity contribution in [1.82, 2.24) is 4.98 Å². The molecule has 0 spiro atoms. The van der Waals surface area contributed by atoms with E-state index in [-0.39, 0.29) is 0 Å². The highest BCUT2D eigenvalue weighted by molar-refractivity contribution is 7.85. The summed E-state index contributed by atoms with van der Waals surface area (Å²) in [6, 6.07) is 5.45. The molecule has 0 aliphatic carbocycles. The van der Waals surface area contributed by atoms with Crippen molar-refractivity contribution in [3.05, 3.63) is 35.1 Å². The number of hydrogen-bond donors (Lipinski definition) is 0. The fraction of sp³-hybridized carbons (Fsp3) is 0.333. The molecule has 0 radical (unpaired) electrons. The van der Waals surface area contributed by atoms with Crippen molar-refractivity contribution in [2.24, 2.45) is 4.40 Å². The minimum atomic E-state index is -1.30. The van der Waals surface area contributed by atoms with Crippen LogP contribution in [0.4, 0.5) is 0 Å². The van der Waals surface area contributed by atoms with E-state index in [2.05, 4.69) is 9.38 Å². The van der Waals surface area contributed by atoms with Crippen molar-refractivity contribution in [3.63, 3.8) is 0 Å². The predicted octanol–water partition coefficient (Wildman–Crippen LogP) is 3.78. The molecule has 0 amide bonds. The van der Waals surface area contributed by atoms with Crippen LogP contribution in [0.15, 0.2) is 28.8 Å². The van der Waals surface area contributed by atoms with Crippen LogP contribution in [-0.2, 0) is 11.0 Å². The number of rotatable bonds is 3. The Morgan fingerprint density at radius 2 is 2.05 bits per heavy atom. The topological polar surface area (TPSA) is 51.5 Å². The Kier molecular flexibility index (Phi) is 4.64. The van der Waals surface area contributed by atoms with Gasteiger partial charge in [0.1, 0.15) is 21.9 Å². The summed E-state index contributed by atoms with van der Waals surface area (Å²) in [5.74, 6) is 0.711. The zero-order valence-electron chi connectivity index (χ0n) is 12.4. The van der Waals surface area contributed by atoms with E-state index >= 15 is 0 Å². The molecule has 1 aromatic heterocycles. The Morgan fingerprint density at radius 1 is 1.33 bits per heavy atom. The van der Waals surface area contributed by atoms with E-state index in [1.165, 1.54) is 0 Å². The van der Waals surface area contributed by atoms with Gasteiger partial charge in [0.2, 0.25) is 0 Å². The SMILES string of the molecule is COc1ccc(C=N[S@@](=O)C(C)(C)C)c2cc(Cl)ncc12. The van der Waals surface area contributed by atoms with Crippen molar-refractivity contribution < 1.29 is 8.95 Å². The first-order chi connectivity index (χ1) is 9.82. The van der Waals surface area contributed by atoms with Crippen LogP contribution in [0.5, 0.6) is 5.75 Å². The van der Waals surface area contributed by atoms with E-state index in [1.807, 2.05) is 32.9 Å². The number of benzene rings is 1. The average molecular weight is 325 g/mol. The number of halogens is 1. The summed E-state index contributed by atoms with van der Waals surface area (Å²) in [7, 11) is 0.299. The minimum absolute atomic E-state index is 0.391. The summed E-state index contributed by atoms with van der Waals surface area (Å²) in [5, 5.41) is 2.10. The molecule has 6 heteroatoms. The van der Waals surface area contributed by atoms with Crippen LogP contribution >= 0.6 is 11.6 Å². The second kappa shape index (κ2) is 6.12. The zero-order valence-corrected chi connectivity index (χ0v) is 14.0. The summed E-state index contributed by atoms with van der Waals surface area (Å²) in [4.78, 5) is 4.07. The highest BCUT2D eigenvalue weighted by Gasteiger charge is 2.18. The molecule has 0 saturated carbocycles. The normalized spacial score (nSPS) is 13.8. The molecule has 2 rings (SSSR count). The third kappa shape index (κ3) is 3.60. The molecule has 112 valence electrons. The Balaban J connectivity index is 2.53. The molecule has 0 saturated heterocycles. The Hall–Kier alpha value is -1.46. The molecule has 21 heavy (non-hydrogen) atoms. The van der Waals surface area contributed by atoms with E-state index < -0.39 is 15.7 Å². The Bertz CT molecular complexity index is 723. The number of nitrogens with zero attached hydrogens (tertiary/aromatic N) is 2. The Labute approximate surface area is 131 Å². The molecule has 0 bridgehead atoms. The monoisotopic (exact) mass is 324 g/mol. The molecule has 0 aliphatic heterocycles. The summed E-state index contributed by atoms with van der Waals surface area (Å²) < 4.78 is 21.1. The van der Waals surface area contributed by atoms with Crippen molar-refractivity contribution >= 4 is 39.6 Å². The van der Waals surface area contributed by atoms with E-state index in [4.69, 9.17) is 16.3 Å². The maximum Gasteiger partial charge on any atom is 0.144 e. The first kappa shape index (κ1) is 15.9. The molecular formula is C15H17ClN2O2S. The van der Waals surface area contributed by atoms with Gasteiger partial charge in [-0.15, -0.1) is 0 Å². The quantitative estimate of drug-likeness (QED) is 0.637. The second-order valence-corrected chi connectivity index (χ2v) is 7.83.